The Morgan fingerprint density at radius 3 is 2.50 bits per heavy atom. The van der Waals surface area contributed by atoms with Gasteiger partial charge in [0, 0.05) is 45.6 Å². The second kappa shape index (κ2) is 9.74. The van der Waals surface area contributed by atoms with Crippen LogP contribution in [0, 0.1) is 0 Å². The Labute approximate surface area is 204 Å². The number of benzene rings is 3. The summed E-state index contributed by atoms with van der Waals surface area (Å²) in [7, 11) is 1.63. The van der Waals surface area contributed by atoms with Gasteiger partial charge in [-0.2, -0.15) is 0 Å². The number of carbonyl (C=O) groups excluding carboxylic acids is 2. The topological polar surface area (TPSA) is 67.4 Å². The standard InChI is InChI=1S/C28H27ClN2O3/c1-28(2)16-21-11-12-23(34-3)14-24(21)25(31-28)15-26(32)19-7-9-20(10-8-19)27(33)30-17-18-5-4-6-22(29)13-18/h4-15,31H,16-17H2,1-3H3,(H,30,33)/b25-15-. The Bertz CT molecular complexity index is 1260. The van der Waals surface area contributed by atoms with Crippen LogP contribution >= 0.6 is 11.6 Å². The number of rotatable bonds is 6. The van der Waals surface area contributed by atoms with Crippen LogP contribution in [0.15, 0.2) is 72.8 Å². The molecule has 0 unspecified atom stereocenters. The summed E-state index contributed by atoms with van der Waals surface area (Å²) in [6.45, 7) is 4.58. The van der Waals surface area contributed by atoms with E-state index in [4.69, 9.17) is 16.3 Å². The van der Waals surface area contributed by atoms with Crippen LogP contribution in [0.25, 0.3) is 5.70 Å². The Morgan fingerprint density at radius 2 is 1.79 bits per heavy atom. The quantitative estimate of drug-likeness (QED) is 0.369. The molecule has 0 aliphatic carbocycles. The zero-order valence-corrected chi connectivity index (χ0v) is 20.2. The van der Waals surface area contributed by atoms with E-state index in [2.05, 4.69) is 24.5 Å². The summed E-state index contributed by atoms with van der Waals surface area (Å²) in [6, 6.07) is 19.9. The van der Waals surface area contributed by atoms with E-state index >= 15 is 0 Å². The van der Waals surface area contributed by atoms with E-state index in [1.54, 1.807) is 43.5 Å². The molecule has 4 rings (SSSR count). The molecule has 174 valence electrons. The normalized spacial score (nSPS) is 15.2. The van der Waals surface area contributed by atoms with E-state index in [0.29, 0.717) is 22.7 Å². The van der Waals surface area contributed by atoms with Gasteiger partial charge in [0.2, 0.25) is 0 Å². The van der Waals surface area contributed by atoms with Gasteiger partial charge in [0.1, 0.15) is 5.75 Å². The highest BCUT2D eigenvalue weighted by Gasteiger charge is 2.28. The number of hydrogen-bond donors (Lipinski definition) is 2. The summed E-state index contributed by atoms with van der Waals surface area (Å²) >= 11 is 5.99. The molecule has 0 radical (unpaired) electrons. The molecule has 3 aromatic rings. The van der Waals surface area contributed by atoms with Gasteiger partial charge in [0.05, 0.1) is 7.11 Å². The lowest BCUT2D eigenvalue weighted by Crippen LogP contribution is -2.43. The first-order valence-corrected chi connectivity index (χ1v) is 11.5. The van der Waals surface area contributed by atoms with Crippen molar-refractivity contribution in [2.45, 2.75) is 32.4 Å². The molecule has 2 N–H and O–H groups in total. The third kappa shape index (κ3) is 5.49. The summed E-state index contributed by atoms with van der Waals surface area (Å²) < 4.78 is 5.38. The molecule has 3 aromatic carbocycles. The summed E-state index contributed by atoms with van der Waals surface area (Å²) in [5, 5.41) is 6.97. The first-order valence-electron chi connectivity index (χ1n) is 11.1. The van der Waals surface area contributed by atoms with Gasteiger partial charge in [0.25, 0.3) is 5.91 Å². The van der Waals surface area contributed by atoms with Crippen LogP contribution in [0.4, 0.5) is 0 Å². The number of methoxy groups -OCH3 is 1. The van der Waals surface area contributed by atoms with E-state index in [9.17, 15) is 9.59 Å². The minimum atomic E-state index is -0.214. The molecular weight excluding hydrogens is 448 g/mol. The minimum absolute atomic E-state index is 0.139. The van der Waals surface area contributed by atoms with E-state index < -0.39 is 0 Å². The highest BCUT2D eigenvalue weighted by atomic mass is 35.5. The van der Waals surface area contributed by atoms with Gasteiger partial charge in [0.15, 0.2) is 5.78 Å². The highest BCUT2D eigenvalue weighted by Crippen LogP contribution is 2.32. The average molecular weight is 475 g/mol. The molecule has 34 heavy (non-hydrogen) atoms. The molecule has 0 saturated carbocycles. The Balaban J connectivity index is 1.50. The SMILES string of the molecule is COc1ccc2c(c1)/C(=C/C(=O)c1ccc(C(=O)NCc3cccc(Cl)c3)cc1)NC(C)(C)C2. The summed E-state index contributed by atoms with van der Waals surface area (Å²) in [5.41, 5.74) is 4.61. The van der Waals surface area contributed by atoms with Crippen LogP contribution in [0.5, 0.6) is 5.75 Å². The fourth-order valence-electron chi connectivity index (χ4n) is 4.09. The molecule has 0 fully saturated rings. The van der Waals surface area contributed by atoms with Crippen LogP contribution in [0.2, 0.25) is 5.02 Å². The van der Waals surface area contributed by atoms with E-state index in [1.165, 1.54) is 0 Å². The molecule has 0 bridgehead atoms. The number of amides is 1. The number of allylic oxidation sites excluding steroid dienone is 1. The van der Waals surface area contributed by atoms with Gasteiger partial charge in [-0.15, -0.1) is 0 Å². The zero-order chi connectivity index (χ0) is 24.3. The smallest absolute Gasteiger partial charge is 0.251 e. The fourth-order valence-corrected chi connectivity index (χ4v) is 4.30. The first kappa shape index (κ1) is 23.6. The molecule has 0 saturated heterocycles. The monoisotopic (exact) mass is 474 g/mol. The van der Waals surface area contributed by atoms with Crippen molar-refractivity contribution in [2.24, 2.45) is 0 Å². The van der Waals surface area contributed by atoms with Gasteiger partial charge in [-0.3, -0.25) is 9.59 Å². The van der Waals surface area contributed by atoms with Crippen molar-refractivity contribution in [3.05, 3.63) is 106 Å². The minimum Gasteiger partial charge on any atom is -0.497 e. The fraction of sp³-hybridized carbons (Fsp3) is 0.214. The zero-order valence-electron chi connectivity index (χ0n) is 19.4. The molecule has 0 spiro atoms. The largest absolute Gasteiger partial charge is 0.497 e. The van der Waals surface area contributed by atoms with Crippen LogP contribution in [-0.4, -0.2) is 24.3 Å². The van der Waals surface area contributed by atoms with E-state index in [1.807, 2.05) is 36.4 Å². The van der Waals surface area contributed by atoms with E-state index in [-0.39, 0.29) is 17.2 Å². The molecule has 0 aromatic heterocycles. The summed E-state index contributed by atoms with van der Waals surface area (Å²) in [5.74, 6) is 0.389. The maximum Gasteiger partial charge on any atom is 0.251 e. The second-order valence-corrected chi connectivity index (χ2v) is 9.46. The van der Waals surface area contributed by atoms with Gasteiger partial charge in [-0.25, -0.2) is 0 Å². The van der Waals surface area contributed by atoms with Crippen molar-refractivity contribution in [1.29, 1.82) is 0 Å². The predicted octanol–water partition coefficient (Wildman–Crippen LogP) is 5.43. The average Bonchev–Trinajstić information content (AvgIpc) is 2.82. The lowest BCUT2D eigenvalue weighted by atomic mass is 9.85. The number of hydrogen-bond acceptors (Lipinski definition) is 4. The van der Waals surface area contributed by atoms with Gasteiger partial charge < -0.3 is 15.4 Å². The molecule has 1 heterocycles. The number of nitrogens with one attached hydrogen (secondary N) is 2. The predicted molar refractivity (Wildman–Crippen MR) is 135 cm³/mol. The van der Waals surface area contributed by atoms with Crippen LogP contribution in [0.1, 0.15) is 51.3 Å². The van der Waals surface area contributed by atoms with Gasteiger partial charge in [-0.1, -0.05) is 41.9 Å². The van der Waals surface area contributed by atoms with Crippen molar-refractivity contribution in [3.63, 3.8) is 0 Å². The molecule has 5 nitrogen and oxygen atoms in total. The molecule has 1 aliphatic rings. The van der Waals surface area contributed by atoms with Gasteiger partial charge in [-0.05, 0) is 67.8 Å². The lowest BCUT2D eigenvalue weighted by Gasteiger charge is -2.35. The Morgan fingerprint density at radius 1 is 1.06 bits per heavy atom. The van der Waals surface area contributed by atoms with Crippen molar-refractivity contribution in [3.8, 4) is 5.75 Å². The van der Waals surface area contributed by atoms with E-state index in [0.717, 1.165) is 34.6 Å². The maximum absolute atomic E-state index is 13.1. The lowest BCUT2D eigenvalue weighted by molar-refractivity contribution is 0.0949. The maximum atomic E-state index is 13.1. The molecule has 1 aliphatic heterocycles. The van der Waals surface area contributed by atoms with Crippen molar-refractivity contribution in [1.82, 2.24) is 10.6 Å². The number of halogens is 1. The summed E-state index contributed by atoms with van der Waals surface area (Å²) in [4.78, 5) is 25.6. The Hall–Kier alpha value is -3.57. The van der Waals surface area contributed by atoms with Crippen LogP contribution in [0.3, 0.4) is 0 Å². The molecule has 0 atom stereocenters. The number of ether oxygens (including phenoxy) is 1. The third-order valence-electron chi connectivity index (χ3n) is 5.76. The Kier molecular flexibility index (Phi) is 6.75. The van der Waals surface area contributed by atoms with Crippen LogP contribution < -0.4 is 15.4 Å². The van der Waals surface area contributed by atoms with Crippen LogP contribution in [-0.2, 0) is 13.0 Å². The van der Waals surface area contributed by atoms with Crippen molar-refractivity contribution < 1.29 is 14.3 Å². The number of ketones is 1. The number of fused-ring (bicyclic) bond motifs is 1. The van der Waals surface area contributed by atoms with Crippen molar-refractivity contribution >= 4 is 29.0 Å². The molecule has 1 amide bonds. The summed E-state index contributed by atoms with van der Waals surface area (Å²) in [6.07, 6.45) is 2.46. The third-order valence-corrected chi connectivity index (χ3v) is 6.00. The molecule has 6 heteroatoms. The first-order chi connectivity index (χ1) is 16.2. The van der Waals surface area contributed by atoms with Crippen molar-refractivity contribution in [2.75, 3.05) is 7.11 Å². The second-order valence-electron chi connectivity index (χ2n) is 9.02. The highest BCUT2D eigenvalue weighted by molar-refractivity contribution is 6.30. The number of carbonyl (C=O) groups is 2. The molecular formula is C28H27ClN2O3. The van der Waals surface area contributed by atoms with Gasteiger partial charge >= 0.3 is 0 Å².